The summed E-state index contributed by atoms with van der Waals surface area (Å²) in [7, 11) is -4.60. The van der Waals surface area contributed by atoms with Gasteiger partial charge in [-0.05, 0) is 69.0 Å². The number of carbonyl (C=O) groups excluding carboxylic acids is 1. The molecule has 1 heterocycles. The van der Waals surface area contributed by atoms with E-state index in [1.54, 1.807) is 0 Å². The van der Waals surface area contributed by atoms with Crippen LogP contribution in [0.5, 0.6) is 0 Å². The number of aliphatic hydroxyl groups is 2. The number of halogens is 7. The number of nitrogens with zero attached hydrogens (tertiary/aromatic N) is 1. The number of benzene rings is 2. The Bertz CT molecular complexity index is 1320. The molecule has 222 valence electrons. The maximum atomic E-state index is 13.6. The molecule has 7 nitrogen and oxygen atoms in total. The van der Waals surface area contributed by atoms with E-state index in [0.717, 1.165) is 28.6 Å². The first-order valence-electron chi connectivity index (χ1n) is 12.0. The largest absolute Gasteiger partial charge is 0.430 e. The zero-order chi connectivity index (χ0) is 30.3. The summed E-state index contributed by atoms with van der Waals surface area (Å²) in [6, 6.07) is 3.95. The van der Waals surface area contributed by atoms with Crippen LogP contribution in [0, 0.1) is 5.82 Å². The van der Waals surface area contributed by atoms with Gasteiger partial charge in [0.1, 0.15) is 5.82 Å². The molecule has 1 amide bonds. The van der Waals surface area contributed by atoms with Crippen molar-refractivity contribution in [1.82, 2.24) is 5.32 Å². The fourth-order valence-corrected chi connectivity index (χ4v) is 6.09. The first-order chi connectivity index (χ1) is 18.2. The topological polar surface area (TPSA) is 107 Å². The summed E-state index contributed by atoms with van der Waals surface area (Å²) in [5.41, 5.74) is -8.39. The molecule has 0 aliphatic carbocycles. The number of hydrogen-bond donors (Lipinski definition) is 3. The van der Waals surface area contributed by atoms with E-state index in [2.05, 4.69) is 5.32 Å². The van der Waals surface area contributed by atoms with Crippen LogP contribution in [-0.2, 0) is 26.8 Å². The molecule has 15 heteroatoms. The van der Waals surface area contributed by atoms with Gasteiger partial charge in [-0.1, -0.05) is 12.1 Å². The van der Waals surface area contributed by atoms with Crippen LogP contribution in [-0.4, -0.2) is 55.1 Å². The molecule has 2 aromatic rings. The average molecular weight is 601 g/mol. The Labute approximate surface area is 225 Å². The molecule has 1 aliphatic rings. The highest BCUT2D eigenvalue weighted by Gasteiger charge is 2.71. The number of sulfonamides is 1. The predicted molar refractivity (Wildman–Crippen MR) is 129 cm³/mol. The minimum absolute atomic E-state index is 0.0488. The van der Waals surface area contributed by atoms with Gasteiger partial charge in [0.15, 0.2) is 0 Å². The Balaban J connectivity index is 2.07. The van der Waals surface area contributed by atoms with Crippen LogP contribution in [0.3, 0.4) is 0 Å². The van der Waals surface area contributed by atoms with E-state index in [9.17, 15) is 54.2 Å². The lowest BCUT2D eigenvalue weighted by molar-refractivity contribution is -0.376. The monoisotopic (exact) mass is 600 g/mol. The second-order valence-electron chi connectivity index (χ2n) is 10.1. The quantitative estimate of drug-likeness (QED) is 0.392. The summed E-state index contributed by atoms with van der Waals surface area (Å²) in [4.78, 5) is 12.2. The third-order valence-corrected chi connectivity index (χ3v) is 8.36. The Morgan fingerprint density at radius 1 is 1.00 bits per heavy atom. The van der Waals surface area contributed by atoms with E-state index >= 15 is 0 Å². The summed E-state index contributed by atoms with van der Waals surface area (Å²) in [5.74, 6) is -1.37. The SMILES string of the molecule is CC(C)(O)CCNC(=O)C[C@@H]1CCc2cc(C(O)(C(F)(F)F)C(F)(F)F)ccc2N1S(=O)(=O)c1ccc(F)cc1. The standard InChI is InChI=1S/C25H27F7N2O5S/c1-22(2,36)11-12-33-21(35)14-18-7-3-15-13-16(23(37,24(27,28)29)25(30,31)32)4-10-20(15)34(18)40(38,39)19-8-5-17(26)6-9-19/h4-6,8-10,13,18,36-37H,3,7,11-12,14H2,1-2H3,(H,33,35)/t18-/m0/s1. The fourth-order valence-electron chi connectivity index (χ4n) is 4.37. The van der Waals surface area contributed by atoms with Crippen molar-refractivity contribution >= 4 is 21.6 Å². The van der Waals surface area contributed by atoms with Crippen molar-refractivity contribution in [3.8, 4) is 0 Å². The third-order valence-electron chi connectivity index (χ3n) is 6.48. The van der Waals surface area contributed by atoms with Gasteiger partial charge in [-0.3, -0.25) is 9.10 Å². The average Bonchev–Trinajstić information content (AvgIpc) is 2.81. The molecule has 1 atom stereocenters. The van der Waals surface area contributed by atoms with Gasteiger partial charge in [-0.15, -0.1) is 0 Å². The van der Waals surface area contributed by atoms with Crippen molar-refractivity contribution in [2.75, 3.05) is 10.8 Å². The Morgan fingerprint density at radius 2 is 1.57 bits per heavy atom. The van der Waals surface area contributed by atoms with Crippen molar-refractivity contribution in [2.45, 2.75) is 74.0 Å². The van der Waals surface area contributed by atoms with Gasteiger partial charge in [0.05, 0.1) is 22.2 Å². The van der Waals surface area contributed by atoms with Gasteiger partial charge in [-0.2, -0.15) is 26.3 Å². The smallest absolute Gasteiger partial charge is 0.390 e. The lowest BCUT2D eigenvalue weighted by atomic mass is 9.87. The minimum atomic E-state index is -6.14. The number of anilines is 1. The summed E-state index contributed by atoms with van der Waals surface area (Å²) in [6.45, 7) is 3.08. The van der Waals surface area contributed by atoms with E-state index < -0.39 is 68.2 Å². The molecule has 0 radical (unpaired) electrons. The number of nitrogens with one attached hydrogen (secondary N) is 1. The molecule has 0 saturated carbocycles. The van der Waals surface area contributed by atoms with Gasteiger partial charge in [0.2, 0.25) is 5.91 Å². The Morgan fingerprint density at radius 3 is 2.10 bits per heavy atom. The van der Waals surface area contributed by atoms with Gasteiger partial charge in [-0.25, -0.2) is 12.8 Å². The van der Waals surface area contributed by atoms with Crippen LogP contribution in [0.4, 0.5) is 36.4 Å². The molecule has 0 bridgehead atoms. The number of amides is 1. The van der Waals surface area contributed by atoms with E-state index in [1.807, 2.05) is 0 Å². The second-order valence-corrected chi connectivity index (χ2v) is 11.9. The molecule has 0 fully saturated rings. The number of fused-ring (bicyclic) bond motifs is 1. The molecule has 0 unspecified atom stereocenters. The van der Waals surface area contributed by atoms with Crippen molar-refractivity contribution < 1.29 is 54.2 Å². The Kier molecular flexibility index (Phi) is 8.55. The van der Waals surface area contributed by atoms with Crippen LogP contribution >= 0.6 is 0 Å². The lowest BCUT2D eigenvalue weighted by Gasteiger charge is -2.39. The highest BCUT2D eigenvalue weighted by atomic mass is 32.2. The van der Waals surface area contributed by atoms with Gasteiger partial charge in [0, 0.05) is 18.5 Å². The molecule has 3 N–H and O–H groups in total. The lowest BCUT2D eigenvalue weighted by Crippen LogP contribution is -2.54. The number of rotatable bonds is 8. The molecule has 0 spiro atoms. The zero-order valence-corrected chi connectivity index (χ0v) is 22.1. The summed E-state index contributed by atoms with van der Waals surface area (Å²) in [6.07, 6.45) is -12.9. The minimum Gasteiger partial charge on any atom is -0.390 e. The van der Waals surface area contributed by atoms with Crippen molar-refractivity contribution in [1.29, 1.82) is 0 Å². The van der Waals surface area contributed by atoms with Crippen LogP contribution in [0.1, 0.15) is 44.2 Å². The van der Waals surface area contributed by atoms with E-state index in [4.69, 9.17) is 0 Å². The molecule has 3 rings (SSSR count). The molecule has 40 heavy (non-hydrogen) atoms. The van der Waals surface area contributed by atoms with E-state index in [-0.39, 0.29) is 37.1 Å². The number of carbonyl (C=O) groups is 1. The summed E-state index contributed by atoms with van der Waals surface area (Å²) in [5, 5.41) is 22.2. The number of alkyl halides is 6. The molecular weight excluding hydrogens is 573 g/mol. The normalized spacial score (nSPS) is 17.0. The maximum absolute atomic E-state index is 13.6. The number of aryl methyl sites for hydroxylation is 1. The van der Waals surface area contributed by atoms with Crippen molar-refractivity contribution in [2.24, 2.45) is 0 Å². The molecule has 2 aromatic carbocycles. The van der Waals surface area contributed by atoms with E-state index in [0.29, 0.717) is 18.2 Å². The predicted octanol–water partition coefficient (Wildman–Crippen LogP) is 4.32. The summed E-state index contributed by atoms with van der Waals surface area (Å²) >= 11 is 0. The van der Waals surface area contributed by atoms with Gasteiger partial charge < -0.3 is 15.5 Å². The van der Waals surface area contributed by atoms with Crippen LogP contribution in [0.25, 0.3) is 0 Å². The zero-order valence-electron chi connectivity index (χ0n) is 21.3. The van der Waals surface area contributed by atoms with Crippen LogP contribution < -0.4 is 9.62 Å². The molecule has 0 aromatic heterocycles. The van der Waals surface area contributed by atoms with Crippen LogP contribution in [0.2, 0.25) is 0 Å². The number of hydrogen-bond acceptors (Lipinski definition) is 5. The third kappa shape index (κ3) is 6.36. The van der Waals surface area contributed by atoms with E-state index in [1.165, 1.54) is 13.8 Å². The van der Waals surface area contributed by atoms with Crippen molar-refractivity contribution in [3.05, 3.63) is 59.4 Å². The first kappa shape index (κ1) is 31.6. The fraction of sp³-hybridized carbons (Fsp3) is 0.480. The van der Waals surface area contributed by atoms with Gasteiger partial charge >= 0.3 is 12.4 Å². The highest BCUT2D eigenvalue weighted by molar-refractivity contribution is 7.92. The van der Waals surface area contributed by atoms with Gasteiger partial charge in [0.25, 0.3) is 15.6 Å². The first-order valence-corrected chi connectivity index (χ1v) is 13.4. The Hall–Kier alpha value is -2.91. The molecule has 0 saturated heterocycles. The summed E-state index contributed by atoms with van der Waals surface area (Å²) < 4.78 is 122. The molecule has 1 aliphatic heterocycles. The molecular formula is C25H27F7N2O5S. The maximum Gasteiger partial charge on any atom is 0.430 e. The second kappa shape index (κ2) is 10.8. The van der Waals surface area contributed by atoms with Crippen molar-refractivity contribution in [3.63, 3.8) is 0 Å². The van der Waals surface area contributed by atoms with Crippen LogP contribution in [0.15, 0.2) is 47.4 Å². The highest BCUT2D eigenvalue weighted by Crippen LogP contribution is 2.51.